The minimum Gasteiger partial charge on any atom is -0.363 e. The third kappa shape index (κ3) is 1.79. The van der Waals surface area contributed by atoms with Crippen LogP contribution in [0.4, 0.5) is 0 Å². The predicted molar refractivity (Wildman–Crippen MR) is 59.3 cm³/mol. The molecule has 0 radical (unpaired) electrons. The monoisotopic (exact) mass is 216 g/mol. The van der Waals surface area contributed by atoms with E-state index in [-0.39, 0.29) is 5.82 Å². The van der Waals surface area contributed by atoms with Crippen molar-refractivity contribution >= 4 is 5.91 Å². The van der Waals surface area contributed by atoms with E-state index in [2.05, 4.69) is 10.1 Å². The molecule has 0 saturated carbocycles. The molecule has 0 aliphatic rings. The van der Waals surface area contributed by atoms with Gasteiger partial charge in [-0.3, -0.25) is 4.79 Å². The molecule has 0 bridgehead atoms. The van der Waals surface area contributed by atoms with E-state index in [1.807, 2.05) is 37.3 Å². The Hall–Kier alpha value is -2.17. The van der Waals surface area contributed by atoms with E-state index in [0.717, 1.165) is 11.5 Å². The number of nitrogens with two attached hydrogens (primary N) is 1. The van der Waals surface area contributed by atoms with Crippen molar-refractivity contribution in [1.29, 1.82) is 0 Å². The average molecular weight is 216 g/mol. The van der Waals surface area contributed by atoms with Crippen LogP contribution in [0.25, 0.3) is 5.69 Å². The van der Waals surface area contributed by atoms with E-state index in [9.17, 15) is 4.79 Å². The lowest BCUT2D eigenvalue weighted by molar-refractivity contribution is 0.0990. The number of nitrogens with zero attached hydrogens (tertiary/aromatic N) is 3. The molecular weight excluding hydrogens is 204 g/mol. The molecule has 5 nitrogen and oxygen atoms in total. The average Bonchev–Trinajstić information content (AvgIpc) is 2.74. The highest BCUT2D eigenvalue weighted by Gasteiger charge is 2.13. The number of amides is 1. The first kappa shape index (κ1) is 10.4. The zero-order valence-electron chi connectivity index (χ0n) is 8.92. The van der Waals surface area contributed by atoms with Gasteiger partial charge in [0.05, 0.1) is 5.69 Å². The van der Waals surface area contributed by atoms with Crippen LogP contribution in [0.3, 0.4) is 0 Å². The smallest absolute Gasteiger partial charge is 0.288 e. The van der Waals surface area contributed by atoms with Crippen LogP contribution in [0.1, 0.15) is 23.4 Å². The summed E-state index contributed by atoms with van der Waals surface area (Å²) in [4.78, 5) is 15.1. The van der Waals surface area contributed by atoms with Crippen molar-refractivity contribution in [2.75, 3.05) is 0 Å². The largest absolute Gasteiger partial charge is 0.363 e. The van der Waals surface area contributed by atoms with Crippen molar-refractivity contribution in [1.82, 2.24) is 14.8 Å². The topological polar surface area (TPSA) is 73.8 Å². The first-order valence-corrected chi connectivity index (χ1v) is 5.03. The lowest BCUT2D eigenvalue weighted by Gasteiger charge is -2.02. The summed E-state index contributed by atoms with van der Waals surface area (Å²) in [6.07, 6.45) is 0.690. The summed E-state index contributed by atoms with van der Waals surface area (Å²) in [5.41, 5.74) is 6.03. The van der Waals surface area contributed by atoms with Crippen LogP contribution >= 0.6 is 0 Å². The van der Waals surface area contributed by atoms with Crippen LogP contribution in [-0.4, -0.2) is 20.7 Å². The Labute approximate surface area is 92.9 Å². The van der Waals surface area contributed by atoms with Crippen LogP contribution in [-0.2, 0) is 6.42 Å². The number of carbonyl (C=O) groups is 1. The number of rotatable bonds is 3. The van der Waals surface area contributed by atoms with Crippen LogP contribution < -0.4 is 5.73 Å². The Morgan fingerprint density at radius 2 is 2.06 bits per heavy atom. The summed E-state index contributed by atoms with van der Waals surface area (Å²) in [6.45, 7) is 1.95. The maximum Gasteiger partial charge on any atom is 0.288 e. The van der Waals surface area contributed by atoms with E-state index in [1.165, 1.54) is 0 Å². The molecule has 16 heavy (non-hydrogen) atoms. The van der Waals surface area contributed by atoms with Crippen LogP contribution in [0.2, 0.25) is 0 Å². The highest BCUT2D eigenvalue weighted by atomic mass is 16.1. The quantitative estimate of drug-likeness (QED) is 0.829. The number of carbonyl (C=O) groups excluding carboxylic acids is 1. The number of hydrogen-bond acceptors (Lipinski definition) is 3. The summed E-state index contributed by atoms with van der Waals surface area (Å²) in [6, 6.07) is 9.53. The standard InChI is InChI=1S/C11H12N4O/c1-2-9-13-11(10(12)16)14-15(9)8-6-4-3-5-7-8/h3-7H,2H2,1H3,(H2,12,16). The van der Waals surface area contributed by atoms with Gasteiger partial charge in [-0.15, -0.1) is 5.10 Å². The van der Waals surface area contributed by atoms with E-state index in [4.69, 9.17) is 5.73 Å². The fourth-order valence-electron chi connectivity index (χ4n) is 1.45. The second kappa shape index (κ2) is 4.14. The Morgan fingerprint density at radius 1 is 1.38 bits per heavy atom. The first-order chi connectivity index (χ1) is 7.72. The van der Waals surface area contributed by atoms with Crippen molar-refractivity contribution in [2.24, 2.45) is 5.73 Å². The van der Waals surface area contributed by atoms with Gasteiger partial charge in [0.25, 0.3) is 5.91 Å². The zero-order valence-corrected chi connectivity index (χ0v) is 8.92. The second-order valence-corrected chi connectivity index (χ2v) is 3.32. The molecule has 82 valence electrons. The first-order valence-electron chi connectivity index (χ1n) is 5.03. The van der Waals surface area contributed by atoms with Crippen LogP contribution in [0.5, 0.6) is 0 Å². The summed E-state index contributed by atoms with van der Waals surface area (Å²) in [7, 11) is 0. The molecule has 0 aliphatic heterocycles. The van der Waals surface area contributed by atoms with Crippen molar-refractivity contribution < 1.29 is 4.79 Å². The lowest BCUT2D eigenvalue weighted by Crippen LogP contribution is -2.13. The molecule has 0 atom stereocenters. The SMILES string of the molecule is CCc1nc(C(N)=O)nn1-c1ccccc1. The molecule has 2 N–H and O–H groups in total. The molecule has 5 heteroatoms. The van der Waals surface area contributed by atoms with Crippen LogP contribution in [0, 0.1) is 0 Å². The zero-order chi connectivity index (χ0) is 11.5. The van der Waals surface area contributed by atoms with Crippen molar-refractivity contribution in [3.63, 3.8) is 0 Å². The molecule has 1 heterocycles. The van der Waals surface area contributed by atoms with Gasteiger partial charge in [0, 0.05) is 6.42 Å². The van der Waals surface area contributed by atoms with E-state index >= 15 is 0 Å². The molecule has 0 saturated heterocycles. The molecule has 0 unspecified atom stereocenters. The minimum atomic E-state index is -0.607. The number of aromatic nitrogens is 3. The van der Waals surface area contributed by atoms with Gasteiger partial charge >= 0.3 is 0 Å². The third-order valence-corrected chi connectivity index (χ3v) is 2.21. The summed E-state index contributed by atoms with van der Waals surface area (Å²) in [5, 5.41) is 4.08. The number of aryl methyl sites for hydroxylation is 1. The summed E-state index contributed by atoms with van der Waals surface area (Å²) < 4.78 is 1.64. The van der Waals surface area contributed by atoms with Gasteiger partial charge in [-0.05, 0) is 12.1 Å². The van der Waals surface area contributed by atoms with E-state index < -0.39 is 5.91 Å². The molecule has 2 rings (SSSR count). The highest BCUT2D eigenvalue weighted by Crippen LogP contribution is 2.09. The van der Waals surface area contributed by atoms with Gasteiger partial charge in [-0.25, -0.2) is 9.67 Å². The lowest BCUT2D eigenvalue weighted by atomic mass is 10.3. The van der Waals surface area contributed by atoms with Gasteiger partial charge in [0.1, 0.15) is 5.82 Å². The number of para-hydroxylation sites is 1. The molecule has 0 aliphatic carbocycles. The molecule has 2 aromatic rings. The number of primary amides is 1. The molecule has 1 aromatic carbocycles. The summed E-state index contributed by atoms with van der Waals surface area (Å²) in [5.74, 6) is 0.171. The Balaban J connectivity index is 2.52. The Kier molecular flexibility index (Phi) is 2.68. The molecule has 0 fully saturated rings. The van der Waals surface area contributed by atoms with Crippen molar-refractivity contribution in [3.8, 4) is 5.69 Å². The molecule has 1 amide bonds. The van der Waals surface area contributed by atoms with Gasteiger partial charge in [-0.2, -0.15) is 0 Å². The van der Waals surface area contributed by atoms with Crippen molar-refractivity contribution in [3.05, 3.63) is 42.0 Å². The van der Waals surface area contributed by atoms with Gasteiger partial charge in [0.2, 0.25) is 5.82 Å². The summed E-state index contributed by atoms with van der Waals surface area (Å²) >= 11 is 0. The predicted octanol–water partition coefficient (Wildman–Crippen LogP) is 0.929. The van der Waals surface area contributed by atoms with Gasteiger partial charge in [-0.1, -0.05) is 25.1 Å². The molecule has 1 aromatic heterocycles. The normalized spacial score (nSPS) is 10.3. The Morgan fingerprint density at radius 3 is 2.62 bits per heavy atom. The van der Waals surface area contributed by atoms with Gasteiger partial charge < -0.3 is 5.73 Å². The third-order valence-electron chi connectivity index (χ3n) is 2.21. The molecule has 0 spiro atoms. The number of benzene rings is 1. The highest BCUT2D eigenvalue weighted by molar-refractivity contribution is 5.88. The van der Waals surface area contributed by atoms with Crippen LogP contribution in [0.15, 0.2) is 30.3 Å². The number of hydrogen-bond donors (Lipinski definition) is 1. The van der Waals surface area contributed by atoms with E-state index in [1.54, 1.807) is 4.68 Å². The van der Waals surface area contributed by atoms with E-state index in [0.29, 0.717) is 6.42 Å². The van der Waals surface area contributed by atoms with Crippen molar-refractivity contribution in [2.45, 2.75) is 13.3 Å². The minimum absolute atomic E-state index is 0.0562. The fourth-order valence-corrected chi connectivity index (χ4v) is 1.45. The van der Waals surface area contributed by atoms with Gasteiger partial charge in [0.15, 0.2) is 0 Å². The fraction of sp³-hybridized carbons (Fsp3) is 0.182. The maximum atomic E-state index is 11.0. The second-order valence-electron chi connectivity index (χ2n) is 3.32. The Bertz CT molecular complexity index is 504. The molecular formula is C11H12N4O. The maximum absolute atomic E-state index is 11.0.